The summed E-state index contributed by atoms with van der Waals surface area (Å²) in [6.45, 7) is 9.04. The van der Waals surface area contributed by atoms with Crippen LogP contribution in [0.5, 0.6) is 0 Å². The molecule has 0 radical (unpaired) electrons. The lowest BCUT2D eigenvalue weighted by molar-refractivity contribution is -0.119. The molecule has 0 spiro atoms. The Morgan fingerprint density at radius 2 is 1.81 bits per heavy atom. The van der Waals surface area contributed by atoms with Crippen LogP contribution in [0.4, 0.5) is 10.8 Å². The number of benzene rings is 2. The molecule has 0 aliphatic carbocycles. The molecule has 5 nitrogen and oxygen atoms in total. The van der Waals surface area contributed by atoms with Gasteiger partial charge in [0.2, 0.25) is 11.0 Å². The van der Waals surface area contributed by atoms with E-state index in [1.54, 1.807) is 0 Å². The number of aromatic nitrogens is 2. The highest BCUT2D eigenvalue weighted by Gasteiger charge is 2.32. The van der Waals surface area contributed by atoms with Crippen LogP contribution in [0.2, 0.25) is 0 Å². The van der Waals surface area contributed by atoms with Gasteiger partial charge in [0.15, 0.2) is 0 Å². The van der Waals surface area contributed by atoms with Crippen molar-refractivity contribution >= 4 is 28.1 Å². The van der Waals surface area contributed by atoms with Crippen molar-refractivity contribution in [2.75, 3.05) is 16.8 Å². The number of nitrogens with one attached hydrogen (secondary N) is 1. The lowest BCUT2D eigenvalue weighted by atomic mass is 10.1. The molecule has 1 atom stereocenters. The standard InChI is InChI=1S/C25H28N4OS/c1-4-19-9-12-22(13-10-19)29-16-21(15-18(29)3)24(30)26-25-28-27-23(31-25)14-11-20-7-5-17(2)6-8-20/h5-10,12-13,21H,3-4,11,14-16H2,1-2H3,(H,26,28,30). The van der Waals surface area contributed by atoms with Crippen molar-refractivity contribution in [1.82, 2.24) is 10.2 Å². The molecule has 1 fully saturated rings. The molecule has 0 bridgehead atoms. The highest BCUT2D eigenvalue weighted by molar-refractivity contribution is 7.15. The summed E-state index contributed by atoms with van der Waals surface area (Å²) in [5.74, 6) is -0.159. The Kier molecular flexibility index (Phi) is 6.47. The summed E-state index contributed by atoms with van der Waals surface area (Å²) >= 11 is 1.45. The molecule has 4 rings (SSSR count). The van der Waals surface area contributed by atoms with Crippen LogP contribution in [0.3, 0.4) is 0 Å². The zero-order valence-electron chi connectivity index (χ0n) is 18.1. The van der Waals surface area contributed by atoms with Crippen LogP contribution in [0.15, 0.2) is 60.8 Å². The van der Waals surface area contributed by atoms with Crippen LogP contribution >= 0.6 is 11.3 Å². The molecule has 1 aromatic heterocycles. The Bertz CT molecular complexity index is 1060. The molecule has 1 amide bonds. The number of rotatable bonds is 7. The van der Waals surface area contributed by atoms with Crippen molar-refractivity contribution in [3.63, 3.8) is 0 Å². The second-order valence-corrected chi connectivity index (χ2v) is 9.14. The Hall–Kier alpha value is -2.99. The molecule has 1 aliphatic rings. The number of amides is 1. The van der Waals surface area contributed by atoms with Gasteiger partial charge in [0.25, 0.3) is 0 Å². The Morgan fingerprint density at radius 3 is 2.52 bits per heavy atom. The monoisotopic (exact) mass is 432 g/mol. The van der Waals surface area contributed by atoms with E-state index >= 15 is 0 Å². The van der Waals surface area contributed by atoms with Gasteiger partial charge in [0.1, 0.15) is 5.01 Å². The van der Waals surface area contributed by atoms with Crippen LogP contribution in [0.25, 0.3) is 0 Å². The van der Waals surface area contributed by atoms with Gasteiger partial charge >= 0.3 is 0 Å². The van der Waals surface area contributed by atoms with Crippen LogP contribution < -0.4 is 10.2 Å². The SMILES string of the molecule is C=C1CC(C(=O)Nc2nnc(CCc3ccc(C)cc3)s2)CN1c1ccc(CC)cc1. The first-order valence-electron chi connectivity index (χ1n) is 10.7. The summed E-state index contributed by atoms with van der Waals surface area (Å²) in [6, 6.07) is 17.0. The number of nitrogens with zero attached hydrogens (tertiary/aromatic N) is 3. The molecule has 1 saturated heterocycles. The van der Waals surface area contributed by atoms with E-state index in [1.807, 2.05) is 0 Å². The minimum Gasteiger partial charge on any atom is -0.345 e. The van der Waals surface area contributed by atoms with Gasteiger partial charge < -0.3 is 10.2 Å². The van der Waals surface area contributed by atoms with Crippen molar-refractivity contribution in [3.8, 4) is 0 Å². The van der Waals surface area contributed by atoms with Gasteiger partial charge in [-0.1, -0.05) is 66.8 Å². The molecule has 1 unspecified atom stereocenters. The van der Waals surface area contributed by atoms with Gasteiger partial charge in [-0.3, -0.25) is 4.79 Å². The highest BCUT2D eigenvalue weighted by atomic mass is 32.1. The number of anilines is 2. The molecule has 31 heavy (non-hydrogen) atoms. The van der Waals surface area contributed by atoms with Gasteiger partial charge in [-0.05, 0) is 43.0 Å². The fourth-order valence-corrected chi connectivity index (χ4v) is 4.54. The second kappa shape index (κ2) is 9.43. The zero-order chi connectivity index (χ0) is 21.8. The first-order chi connectivity index (χ1) is 15.0. The maximum atomic E-state index is 12.8. The lowest BCUT2D eigenvalue weighted by Crippen LogP contribution is -2.26. The second-order valence-electron chi connectivity index (χ2n) is 8.07. The average Bonchev–Trinajstić information content (AvgIpc) is 3.40. The van der Waals surface area contributed by atoms with Crippen molar-refractivity contribution in [3.05, 3.63) is 82.5 Å². The van der Waals surface area contributed by atoms with Gasteiger partial charge in [-0.2, -0.15) is 0 Å². The summed E-state index contributed by atoms with van der Waals surface area (Å²) in [7, 11) is 0. The molecule has 6 heteroatoms. The fourth-order valence-electron chi connectivity index (χ4n) is 3.80. The smallest absolute Gasteiger partial charge is 0.231 e. The summed E-state index contributed by atoms with van der Waals surface area (Å²) in [6.07, 6.45) is 3.40. The zero-order valence-corrected chi connectivity index (χ0v) is 18.9. The van der Waals surface area contributed by atoms with Gasteiger partial charge in [-0.15, -0.1) is 10.2 Å². The Balaban J connectivity index is 1.32. The third-order valence-electron chi connectivity index (χ3n) is 5.74. The van der Waals surface area contributed by atoms with E-state index in [1.165, 1.54) is 28.0 Å². The van der Waals surface area contributed by atoms with Crippen molar-refractivity contribution in [2.24, 2.45) is 5.92 Å². The number of carbonyl (C=O) groups is 1. The number of allylic oxidation sites excluding steroid dienone is 1. The topological polar surface area (TPSA) is 58.1 Å². The molecule has 2 aromatic carbocycles. The predicted molar refractivity (Wildman–Crippen MR) is 128 cm³/mol. The Morgan fingerprint density at radius 1 is 1.10 bits per heavy atom. The quantitative estimate of drug-likeness (QED) is 0.559. The maximum absolute atomic E-state index is 12.8. The van der Waals surface area contributed by atoms with Gasteiger partial charge in [0, 0.05) is 30.8 Å². The number of carbonyl (C=O) groups excluding carboxylic acids is 1. The minimum atomic E-state index is -0.140. The first-order valence-corrected chi connectivity index (χ1v) is 11.6. The molecule has 3 aromatic rings. The number of hydrogen-bond donors (Lipinski definition) is 1. The average molecular weight is 433 g/mol. The van der Waals surface area contributed by atoms with E-state index in [2.05, 4.69) is 89.4 Å². The van der Waals surface area contributed by atoms with Crippen LogP contribution in [-0.2, 0) is 24.1 Å². The lowest BCUT2D eigenvalue weighted by Gasteiger charge is -2.20. The first kappa shape index (κ1) is 21.2. The van der Waals surface area contributed by atoms with E-state index in [4.69, 9.17) is 0 Å². The third-order valence-corrected chi connectivity index (χ3v) is 6.64. The number of aryl methyl sites for hydroxylation is 4. The molecule has 1 N–H and O–H groups in total. The summed E-state index contributed by atoms with van der Waals surface area (Å²) < 4.78 is 0. The summed E-state index contributed by atoms with van der Waals surface area (Å²) in [5.41, 5.74) is 5.91. The third kappa shape index (κ3) is 5.20. The van der Waals surface area contributed by atoms with Gasteiger partial charge in [-0.25, -0.2) is 0 Å². The molecular formula is C25H28N4OS. The summed E-state index contributed by atoms with van der Waals surface area (Å²) in [4.78, 5) is 15.0. The fraction of sp³-hybridized carbons (Fsp3) is 0.320. The minimum absolute atomic E-state index is 0.0185. The van der Waals surface area contributed by atoms with Crippen LogP contribution in [0.1, 0.15) is 35.0 Å². The summed E-state index contributed by atoms with van der Waals surface area (Å²) in [5, 5.41) is 12.9. The Labute approximate surface area is 187 Å². The van der Waals surface area contributed by atoms with Crippen molar-refractivity contribution in [2.45, 2.75) is 39.5 Å². The largest absolute Gasteiger partial charge is 0.345 e. The normalized spacial score (nSPS) is 16.0. The molecular weight excluding hydrogens is 404 g/mol. The van der Waals surface area contributed by atoms with E-state index in [-0.39, 0.29) is 11.8 Å². The van der Waals surface area contributed by atoms with E-state index in [0.29, 0.717) is 18.1 Å². The maximum Gasteiger partial charge on any atom is 0.231 e. The molecule has 160 valence electrons. The predicted octanol–water partition coefficient (Wildman–Crippen LogP) is 5.17. The van der Waals surface area contributed by atoms with Crippen molar-refractivity contribution < 1.29 is 4.79 Å². The van der Waals surface area contributed by atoms with Crippen molar-refractivity contribution in [1.29, 1.82) is 0 Å². The highest BCUT2D eigenvalue weighted by Crippen LogP contribution is 2.32. The van der Waals surface area contributed by atoms with Gasteiger partial charge in [0.05, 0.1) is 5.92 Å². The van der Waals surface area contributed by atoms with E-state index < -0.39 is 0 Å². The van der Waals surface area contributed by atoms with Crippen LogP contribution in [-0.4, -0.2) is 22.6 Å². The number of hydrogen-bond acceptors (Lipinski definition) is 5. The molecule has 2 heterocycles. The van der Waals surface area contributed by atoms with E-state index in [0.717, 1.165) is 35.7 Å². The van der Waals surface area contributed by atoms with Crippen LogP contribution in [0, 0.1) is 12.8 Å². The molecule has 0 saturated carbocycles. The molecule has 1 aliphatic heterocycles. The van der Waals surface area contributed by atoms with E-state index in [9.17, 15) is 4.79 Å².